The van der Waals surface area contributed by atoms with E-state index in [9.17, 15) is 0 Å². The Labute approximate surface area is 127 Å². The molecule has 0 saturated heterocycles. The van der Waals surface area contributed by atoms with Crippen LogP contribution < -0.4 is 10.5 Å². The zero-order valence-corrected chi connectivity index (χ0v) is 13.5. The Hall–Kier alpha value is -0.730. The van der Waals surface area contributed by atoms with E-state index in [0.717, 1.165) is 23.6 Å². The number of halogens is 1. The molecule has 0 heterocycles. The summed E-state index contributed by atoms with van der Waals surface area (Å²) in [7, 11) is 0. The smallest absolute Gasteiger partial charge is 0.119 e. The Morgan fingerprint density at radius 3 is 2.50 bits per heavy atom. The lowest BCUT2D eigenvalue weighted by atomic mass is 9.68. The first-order valence-corrected chi connectivity index (χ1v) is 7.98. The highest BCUT2D eigenvalue weighted by molar-refractivity contribution is 6.30. The van der Waals surface area contributed by atoms with Crippen molar-refractivity contribution in [3.05, 3.63) is 29.3 Å². The van der Waals surface area contributed by atoms with Crippen LogP contribution in [-0.4, -0.2) is 12.1 Å². The quantitative estimate of drug-likeness (QED) is 0.877. The molecule has 1 aliphatic carbocycles. The van der Waals surface area contributed by atoms with E-state index in [-0.39, 0.29) is 12.1 Å². The van der Waals surface area contributed by atoms with Crippen molar-refractivity contribution in [1.29, 1.82) is 0 Å². The zero-order valence-electron chi connectivity index (χ0n) is 12.7. The van der Waals surface area contributed by atoms with Crippen LogP contribution in [0, 0.1) is 11.3 Å². The maximum Gasteiger partial charge on any atom is 0.119 e. The number of rotatable bonds is 4. The Morgan fingerprint density at radius 1 is 1.25 bits per heavy atom. The van der Waals surface area contributed by atoms with Gasteiger partial charge in [0.05, 0.1) is 0 Å². The minimum absolute atomic E-state index is 0.112. The average molecular weight is 296 g/mol. The topological polar surface area (TPSA) is 35.2 Å². The van der Waals surface area contributed by atoms with Gasteiger partial charge >= 0.3 is 0 Å². The second kappa shape index (κ2) is 6.36. The van der Waals surface area contributed by atoms with E-state index in [1.807, 2.05) is 24.3 Å². The van der Waals surface area contributed by atoms with Gasteiger partial charge in [0.25, 0.3) is 0 Å². The van der Waals surface area contributed by atoms with Crippen LogP contribution in [0.3, 0.4) is 0 Å². The van der Waals surface area contributed by atoms with Crippen molar-refractivity contribution in [3.63, 3.8) is 0 Å². The third-order valence-corrected chi connectivity index (χ3v) is 5.21. The highest BCUT2D eigenvalue weighted by Crippen LogP contribution is 2.41. The Bertz CT molecular complexity index is 429. The van der Waals surface area contributed by atoms with Crippen LogP contribution in [0.25, 0.3) is 0 Å². The molecule has 20 heavy (non-hydrogen) atoms. The van der Waals surface area contributed by atoms with Gasteiger partial charge < -0.3 is 10.5 Å². The van der Waals surface area contributed by atoms with E-state index in [2.05, 4.69) is 20.8 Å². The second-order valence-electron chi connectivity index (χ2n) is 6.63. The van der Waals surface area contributed by atoms with Gasteiger partial charge in [-0.05, 0) is 54.9 Å². The second-order valence-corrected chi connectivity index (χ2v) is 7.06. The molecule has 0 aromatic heterocycles. The molecule has 1 aromatic rings. The molecule has 2 N–H and O–H groups in total. The lowest BCUT2D eigenvalue weighted by Crippen LogP contribution is -2.46. The standard InChI is InChI=1S/C17H26ClNO/c1-4-17(2,3)12-5-10-15(19)16(11-12)20-14-8-6-13(18)7-9-14/h6-9,12,15-16H,4-5,10-11,19H2,1-3H3. The molecule has 1 saturated carbocycles. The van der Waals surface area contributed by atoms with Crippen molar-refractivity contribution in [2.75, 3.05) is 0 Å². The number of nitrogens with two attached hydrogens (primary N) is 1. The average Bonchev–Trinajstić information content (AvgIpc) is 2.43. The van der Waals surface area contributed by atoms with Crippen molar-refractivity contribution < 1.29 is 4.74 Å². The molecule has 0 bridgehead atoms. The molecule has 0 spiro atoms. The van der Waals surface area contributed by atoms with Gasteiger partial charge in [0, 0.05) is 11.1 Å². The fourth-order valence-corrected chi connectivity index (χ4v) is 3.10. The maximum absolute atomic E-state index is 6.25. The molecule has 0 amide bonds. The number of hydrogen-bond acceptors (Lipinski definition) is 2. The van der Waals surface area contributed by atoms with Crippen LogP contribution in [0.5, 0.6) is 5.75 Å². The molecule has 1 aliphatic rings. The van der Waals surface area contributed by atoms with Crippen molar-refractivity contribution in [1.82, 2.24) is 0 Å². The molecule has 2 rings (SSSR count). The lowest BCUT2D eigenvalue weighted by molar-refractivity contribution is 0.0502. The normalized spacial score (nSPS) is 27.4. The molecule has 0 radical (unpaired) electrons. The van der Waals surface area contributed by atoms with Crippen LogP contribution >= 0.6 is 11.6 Å². The highest BCUT2D eigenvalue weighted by Gasteiger charge is 2.36. The zero-order chi connectivity index (χ0) is 14.8. The molecule has 0 aliphatic heterocycles. The van der Waals surface area contributed by atoms with Crippen LogP contribution in [0.4, 0.5) is 0 Å². The van der Waals surface area contributed by atoms with Crippen molar-refractivity contribution in [3.8, 4) is 5.75 Å². The van der Waals surface area contributed by atoms with E-state index >= 15 is 0 Å². The molecule has 3 heteroatoms. The summed E-state index contributed by atoms with van der Waals surface area (Å²) in [5.41, 5.74) is 6.62. The largest absolute Gasteiger partial charge is 0.489 e. The lowest BCUT2D eigenvalue weighted by Gasteiger charge is -2.41. The summed E-state index contributed by atoms with van der Waals surface area (Å²) in [5.74, 6) is 1.55. The molecule has 1 aromatic carbocycles. The molecule has 112 valence electrons. The van der Waals surface area contributed by atoms with Gasteiger partial charge in [0.2, 0.25) is 0 Å². The van der Waals surface area contributed by atoms with Gasteiger partial charge in [-0.2, -0.15) is 0 Å². The first kappa shape index (κ1) is 15.7. The maximum atomic E-state index is 6.25. The fraction of sp³-hybridized carbons (Fsp3) is 0.647. The summed E-state index contributed by atoms with van der Waals surface area (Å²) in [6, 6.07) is 7.69. The molecule has 1 fully saturated rings. The first-order chi connectivity index (χ1) is 9.42. The third kappa shape index (κ3) is 3.67. The predicted molar refractivity (Wildman–Crippen MR) is 85.3 cm³/mol. The summed E-state index contributed by atoms with van der Waals surface area (Å²) in [4.78, 5) is 0. The minimum Gasteiger partial charge on any atom is -0.489 e. The molecule has 2 nitrogen and oxygen atoms in total. The van der Waals surface area contributed by atoms with Crippen molar-refractivity contribution >= 4 is 11.6 Å². The van der Waals surface area contributed by atoms with E-state index in [0.29, 0.717) is 11.3 Å². The monoisotopic (exact) mass is 295 g/mol. The fourth-order valence-electron chi connectivity index (χ4n) is 2.97. The van der Waals surface area contributed by atoms with Crippen molar-refractivity contribution in [2.24, 2.45) is 17.1 Å². The highest BCUT2D eigenvalue weighted by atomic mass is 35.5. The first-order valence-electron chi connectivity index (χ1n) is 7.60. The van der Waals surface area contributed by atoms with Gasteiger partial charge in [-0.1, -0.05) is 38.8 Å². The van der Waals surface area contributed by atoms with Crippen molar-refractivity contribution in [2.45, 2.75) is 58.6 Å². The van der Waals surface area contributed by atoms with Crippen LogP contribution in [-0.2, 0) is 0 Å². The Morgan fingerprint density at radius 2 is 1.90 bits per heavy atom. The molecule has 3 atom stereocenters. The van der Waals surface area contributed by atoms with Gasteiger partial charge in [-0.25, -0.2) is 0 Å². The summed E-state index contributed by atoms with van der Waals surface area (Å²) < 4.78 is 6.11. The Kier molecular flexibility index (Phi) is 4.98. The molecular weight excluding hydrogens is 270 g/mol. The molecular formula is C17H26ClNO. The predicted octanol–water partition coefficient (Wildman–Crippen LogP) is 4.65. The van der Waals surface area contributed by atoms with E-state index in [1.54, 1.807) is 0 Å². The van der Waals surface area contributed by atoms with E-state index in [4.69, 9.17) is 22.1 Å². The van der Waals surface area contributed by atoms with Gasteiger partial charge in [-0.15, -0.1) is 0 Å². The number of ether oxygens (including phenoxy) is 1. The number of hydrogen-bond donors (Lipinski definition) is 1. The van der Waals surface area contributed by atoms with Crippen LogP contribution in [0.1, 0.15) is 46.5 Å². The summed E-state index contributed by atoms with van der Waals surface area (Å²) >= 11 is 5.90. The summed E-state index contributed by atoms with van der Waals surface area (Å²) in [6.07, 6.45) is 4.61. The van der Waals surface area contributed by atoms with E-state index < -0.39 is 0 Å². The van der Waals surface area contributed by atoms with Crippen LogP contribution in [0.2, 0.25) is 5.02 Å². The van der Waals surface area contributed by atoms with Gasteiger partial charge in [0.15, 0.2) is 0 Å². The van der Waals surface area contributed by atoms with E-state index in [1.165, 1.54) is 12.8 Å². The van der Waals surface area contributed by atoms with Crippen LogP contribution in [0.15, 0.2) is 24.3 Å². The number of benzene rings is 1. The summed E-state index contributed by atoms with van der Waals surface area (Å²) in [5, 5.41) is 0.732. The third-order valence-electron chi connectivity index (χ3n) is 4.96. The van der Waals surface area contributed by atoms with Gasteiger partial charge in [0.1, 0.15) is 11.9 Å². The Balaban J connectivity index is 2.04. The van der Waals surface area contributed by atoms with Gasteiger partial charge in [-0.3, -0.25) is 0 Å². The SMILES string of the molecule is CCC(C)(C)C1CCC(N)C(Oc2ccc(Cl)cc2)C1. The molecule has 3 unspecified atom stereocenters. The summed E-state index contributed by atoms with van der Waals surface area (Å²) in [6.45, 7) is 6.98. The minimum atomic E-state index is 0.112.